The Kier molecular flexibility index (Phi) is 5.60. The summed E-state index contributed by atoms with van der Waals surface area (Å²) in [6.45, 7) is 1.85. The Morgan fingerprint density at radius 2 is 1.43 bits per heavy atom. The molecule has 1 aromatic rings. The molecule has 0 amide bonds. The van der Waals surface area contributed by atoms with E-state index in [0.717, 1.165) is 5.56 Å². The Hall–Kier alpha value is -0.740. The minimum atomic E-state index is -10.7. The summed E-state index contributed by atoms with van der Waals surface area (Å²) < 4.78 is 59.2. The molecule has 21 heavy (non-hydrogen) atoms. The molecule has 0 spiro atoms. The average Bonchev–Trinajstić information content (AvgIpc) is 2.22. The van der Waals surface area contributed by atoms with Crippen LogP contribution in [-0.4, -0.2) is 0 Å². The van der Waals surface area contributed by atoms with E-state index in [0.29, 0.717) is 11.3 Å². The van der Waals surface area contributed by atoms with Crippen molar-refractivity contribution in [3.8, 4) is 0 Å². The van der Waals surface area contributed by atoms with Crippen LogP contribution >= 0.6 is 42.6 Å². The van der Waals surface area contributed by atoms with E-state index in [-0.39, 0.29) is 9.52 Å². The van der Waals surface area contributed by atoms with E-state index in [1.807, 2.05) is 6.92 Å². The fourth-order valence-corrected chi connectivity index (χ4v) is 1.38. The number of hydrogen-bond acceptors (Lipinski definition) is 1. The van der Waals surface area contributed by atoms with Crippen LogP contribution in [0.3, 0.4) is 0 Å². The van der Waals surface area contributed by atoms with Crippen LogP contribution in [0.4, 0.5) is 30.9 Å². The van der Waals surface area contributed by atoms with Gasteiger partial charge in [0, 0.05) is 17.7 Å². The summed E-state index contributed by atoms with van der Waals surface area (Å²) in [7, 11) is -10.7. The number of nitrogens with zero attached hydrogens (tertiary/aromatic N) is 2. The molecule has 1 rings (SSSR count). The van der Waals surface area contributed by atoms with Crippen molar-refractivity contribution in [2.45, 2.75) is 6.92 Å². The Morgan fingerprint density at radius 1 is 1.00 bits per heavy atom. The Labute approximate surface area is 130 Å². The van der Waals surface area contributed by atoms with Gasteiger partial charge in [-0.25, -0.2) is 0 Å². The zero-order valence-electron chi connectivity index (χ0n) is 9.98. The van der Waals surface area contributed by atoms with Gasteiger partial charge < -0.3 is 0 Å². The monoisotopic (exact) mass is 392 g/mol. The molecule has 0 saturated heterocycles. The molecule has 0 heterocycles. The van der Waals surface area contributed by atoms with Crippen molar-refractivity contribution < 1.29 is 25.2 Å². The van der Waals surface area contributed by atoms with Crippen LogP contribution in [0.25, 0.3) is 10.0 Å². The molecular weight excluding hydrogens is 387 g/mol. The molecule has 0 radical (unpaired) electrons. The van der Waals surface area contributed by atoms with Crippen molar-refractivity contribution >= 4 is 53.3 Å². The molecule has 0 N–H and O–H groups in total. The molecule has 0 aliphatic heterocycles. The van der Waals surface area contributed by atoms with E-state index < -0.39 is 7.81 Å². The molecule has 1 aromatic carbocycles. The fourth-order valence-electron chi connectivity index (χ4n) is 1.06. The molecule has 12 heteroatoms. The van der Waals surface area contributed by atoms with Crippen LogP contribution in [0.15, 0.2) is 22.7 Å². The SMILES string of the molecule is Cc1cc([N+]#N)cc(C(Cl)=C(Cl)Cl)c1.F[P-](F)(F)(F)(F)F. The first-order chi connectivity index (χ1) is 8.99. The van der Waals surface area contributed by atoms with Gasteiger partial charge in [-0.2, -0.15) is 0 Å². The van der Waals surface area contributed by atoms with E-state index in [4.69, 9.17) is 40.2 Å². The van der Waals surface area contributed by atoms with Gasteiger partial charge in [0.1, 0.15) is 4.49 Å². The predicted molar refractivity (Wildman–Crippen MR) is 74.0 cm³/mol. The molecule has 0 unspecified atom stereocenters. The van der Waals surface area contributed by atoms with Crippen molar-refractivity contribution in [2.75, 3.05) is 0 Å². The average molecular weight is 393 g/mol. The molecule has 120 valence electrons. The Bertz CT molecular complexity index is 605. The molecule has 0 atom stereocenters. The van der Waals surface area contributed by atoms with E-state index in [1.165, 1.54) is 0 Å². The number of diazo groups is 1. The van der Waals surface area contributed by atoms with Gasteiger partial charge in [-0.05, 0) is 18.6 Å². The zero-order valence-corrected chi connectivity index (χ0v) is 13.1. The van der Waals surface area contributed by atoms with Gasteiger partial charge in [-0.15, -0.1) is 0 Å². The van der Waals surface area contributed by atoms with Crippen LogP contribution in [0.5, 0.6) is 0 Å². The second-order valence-electron chi connectivity index (χ2n) is 3.69. The summed E-state index contributed by atoms with van der Waals surface area (Å²) in [6.07, 6.45) is 0. The number of halogens is 9. The van der Waals surface area contributed by atoms with E-state index in [2.05, 4.69) is 4.98 Å². The van der Waals surface area contributed by atoms with Crippen LogP contribution in [0, 0.1) is 12.3 Å². The van der Waals surface area contributed by atoms with Crippen LogP contribution in [0.1, 0.15) is 11.1 Å². The maximum absolute atomic E-state index is 10.7. The van der Waals surface area contributed by atoms with Gasteiger partial charge >= 0.3 is 38.7 Å². The van der Waals surface area contributed by atoms with Gasteiger partial charge in [0.15, 0.2) is 4.98 Å². The quantitative estimate of drug-likeness (QED) is 0.268. The normalized spacial score (nSPS) is 14.0. The van der Waals surface area contributed by atoms with Crippen LogP contribution in [-0.2, 0) is 0 Å². The molecule has 0 aliphatic rings. The Balaban J connectivity index is 0.000000486. The molecule has 0 bridgehead atoms. The fraction of sp³-hybridized carbons (Fsp3) is 0.111. The van der Waals surface area contributed by atoms with Crippen LogP contribution in [0.2, 0.25) is 0 Å². The summed E-state index contributed by atoms with van der Waals surface area (Å²) in [5.41, 5.74) is 1.94. The van der Waals surface area contributed by atoms with Crippen molar-refractivity contribution in [3.63, 3.8) is 0 Å². The van der Waals surface area contributed by atoms with Crippen molar-refractivity contribution in [2.24, 2.45) is 0 Å². The summed E-state index contributed by atoms with van der Waals surface area (Å²) >= 11 is 16.9. The Morgan fingerprint density at radius 3 is 1.76 bits per heavy atom. The molecule has 0 aliphatic carbocycles. The summed E-state index contributed by atoms with van der Waals surface area (Å²) in [4.78, 5) is 3.07. The van der Waals surface area contributed by atoms with Gasteiger partial charge in [-0.1, -0.05) is 34.8 Å². The van der Waals surface area contributed by atoms with E-state index in [9.17, 15) is 25.2 Å². The first-order valence-electron chi connectivity index (χ1n) is 4.74. The molecule has 0 fully saturated rings. The summed E-state index contributed by atoms with van der Waals surface area (Å²) in [6, 6.07) is 5.08. The van der Waals surface area contributed by atoms with Gasteiger partial charge in [0.25, 0.3) is 0 Å². The second-order valence-corrected chi connectivity index (χ2v) is 6.93. The third-order valence-corrected chi connectivity index (χ3v) is 2.58. The number of hydrogen-bond donors (Lipinski definition) is 0. The van der Waals surface area contributed by atoms with Crippen LogP contribution < -0.4 is 0 Å². The minimum absolute atomic E-state index is 0.0128. The van der Waals surface area contributed by atoms with Crippen molar-refractivity contribution in [1.82, 2.24) is 0 Å². The van der Waals surface area contributed by atoms with Gasteiger partial charge in [0.05, 0.1) is 5.03 Å². The second kappa shape index (κ2) is 5.81. The van der Waals surface area contributed by atoms with Gasteiger partial charge in [-0.3, -0.25) is 0 Å². The third kappa shape index (κ3) is 12.7. The number of rotatable bonds is 1. The summed E-state index contributed by atoms with van der Waals surface area (Å²) in [5, 5.41) is 8.84. The van der Waals surface area contributed by atoms with Crippen molar-refractivity contribution in [1.29, 1.82) is 5.39 Å². The topological polar surface area (TPSA) is 28.1 Å². The molecule has 2 nitrogen and oxygen atoms in total. The van der Waals surface area contributed by atoms with E-state index >= 15 is 0 Å². The standard InChI is InChI=1S/C9H6Cl3N2.F6P/c1-5-2-6(8(10)9(11)12)4-7(3-5)14-13;1-7(2,3,4,5)6/h2-4H,1H3;/q+1;-1. The number of aryl methyl sites for hydroxylation is 1. The third-order valence-electron chi connectivity index (χ3n) is 1.60. The molecular formula is C9H6Cl3F6N2P. The van der Waals surface area contributed by atoms with Gasteiger partial charge in [0.2, 0.25) is 5.39 Å². The molecule has 0 aromatic heterocycles. The van der Waals surface area contributed by atoms with Crippen molar-refractivity contribution in [3.05, 3.63) is 38.8 Å². The molecule has 0 saturated carbocycles. The maximum atomic E-state index is 9.87. The first kappa shape index (κ1) is 20.3. The predicted octanol–water partition coefficient (Wildman–Crippen LogP) is 8.20. The summed E-state index contributed by atoms with van der Waals surface area (Å²) in [5.74, 6) is 0. The number of benzene rings is 1. The van der Waals surface area contributed by atoms with E-state index in [1.54, 1.807) is 18.2 Å². The first-order valence-corrected chi connectivity index (χ1v) is 7.90. The zero-order chi connectivity index (χ0) is 17.1.